The van der Waals surface area contributed by atoms with Gasteiger partial charge in [-0.25, -0.2) is 0 Å². The quantitative estimate of drug-likeness (QED) is 0.329. The van der Waals surface area contributed by atoms with E-state index in [1.165, 1.54) is 32.1 Å². The number of ketones is 1. The Hall–Kier alpha value is -0.980. The zero-order chi connectivity index (χ0) is 28.7. The minimum Gasteiger partial charge on any atom is -0.381 e. The Bertz CT molecular complexity index is 910. The van der Waals surface area contributed by atoms with Gasteiger partial charge < -0.3 is 10.1 Å². The summed E-state index contributed by atoms with van der Waals surface area (Å²) in [6.07, 6.45) is 14.7. The summed E-state index contributed by atoms with van der Waals surface area (Å²) in [5.74, 6) is 4.55. The molecule has 4 aliphatic carbocycles. The van der Waals surface area contributed by atoms with E-state index in [0.29, 0.717) is 59.2 Å². The van der Waals surface area contributed by atoms with Gasteiger partial charge in [0.1, 0.15) is 0 Å². The molecule has 40 heavy (non-hydrogen) atoms. The van der Waals surface area contributed by atoms with E-state index in [1.54, 1.807) is 0 Å². The third kappa shape index (κ3) is 5.43. The number of carbonyl (C=O) groups is 2. The molecule has 0 aromatic carbocycles. The zero-order valence-electron chi connectivity index (χ0n) is 26.4. The molecule has 0 spiro atoms. The summed E-state index contributed by atoms with van der Waals surface area (Å²) < 4.78 is 6.39. The van der Waals surface area contributed by atoms with Crippen LogP contribution in [0.3, 0.4) is 0 Å². The minimum absolute atomic E-state index is 0.0319. The summed E-state index contributed by atoms with van der Waals surface area (Å²) in [6, 6.07) is -0.0319. The second-order valence-corrected chi connectivity index (χ2v) is 14.8. The highest BCUT2D eigenvalue weighted by molar-refractivity contribution is 5.83. The number of hydrogen-bond donors (Lipinski definition) is 1. The fourth-order valence-corrected chi connectivity index (χ4v) is 10.9. The van der Waals surface area contributed by atoms with Crippen molar-refractivity contribution < 1.29 is 19.2 Å². The van der Waals surface area contributed by atoms with E-state index in [-0.39, 0.29) is 18.1 Å². The van der Waals surface area contributed by atoms with E-state index in [9.17, 15) is 9.59 Å². The molecule has 5 rings (SSSR count). The molecule has 5 fully saturated rings. The van der Waals surface area contributed by atoms with Crippen molar-refractivity contribution >= 4 is 11.7 Å². The second kappa shape index (κ2) is 12.3. The SMILES string of the molecule is CCNC(=O)CC[C@H](C)C1CCC2C3C(CC[C@@]21C)[C@@]1(C)CC[C@@H](ON2CCC[C@H]2C(=O)CC)C[C@H]1C[C@H]3OC. The molecule has 0 bridgehead atoms. The van der Waals surface area contributed by atoms with Crippen molar-refractivity contribution in [3.8, 4) is 0 Å². The van der Waals surface area contributed by atoms with Gasteiger partial charge in [-0.1, -0.05) is 27.7 Å². The lowest BCUT2D eigenvalue weighted by atomic mass is 9.43. The van der Waals surface area contributed by atoms with Crippen molar-refractivity contribution in [2.24, 2.45) is 46.3 Å². The average Bonchev–Trinajstić information content (AvgIpc) is 3.55. The largest absolute Gasteiger partial charge is 0.381 e. The Kier molecular flexibility index (Phi) is 9.39. The van der Waals surface area contributed by atoms with Crippen LogP contribution in [0.25, 0.3) is 0 Å². The number of fused-ring (bicyclic) bond motifs is 5. The Morgan fingerprint density at radius 1 is 1.00 bits per heavy atom. The molecule has 6 nitrogen and oxygen atoms in total. The number of hydroxylamine groups is 2. The number of nitrogens with zero attached hydrogens (tertiary/aromatic N) is 1. The Morgan fingerprint density at radius 3 is 2.48 bits per heavy atom. The van der Waals surface area contributed by atoms with Crippen LogP contribution in [0.5, 0.6) is 0 Å². The maximum Gasteiger partial charge on any atom is 0.219 e. The zero-order valence-corrected chi connectivity index (χ0v) is 26.4. The molecular weight excluding hydrogens is 500 g/mol. The van der Waals surface area contributed by atoms with Crippen LogP contribution in [0.4, 0.5) is 0 Å². The molecule has 0 aromatic heterocycles. The van der Waals surface area contributed by atoms with Gasteiger partial charge in [0.25, 0.3) is 0 Å². The molecule has 4 saturated carbocycles. The van der Waals surface area contributed by atoms with Gasteiger partial charge in [-0.05, 0) is 124 Å². The molecule has 11 atom stereocenters. The summed E-state index contributed by atoms with van der Waals surface area (Å²) >= 11 is 0. The topological polar surface area (TPSA) is 67.9 Å². The lowest BCUT2D eigenvalue weighted by molar-refractivity contribution is -0.240. The highest BCUT2D eigenvalue weighted by Crippen LogP contribution is 2.68. The predicted octanol–water partition coefficient (Wildman–Crippen LogP) is 6.57. The monoisotopic (exact) mass is 558 g/mol. The first kappa shape index (κ1) is 30.5. The Labute approximate surface area is 244 Å². The van der Waals surface area contributed by atoms with Gasteiger partial charge in [0, 0.05) is 33.0 Å². The van der Waals surface area contributed by atoms with Crippen LogP contribution in [0.2, 0.25) is 0 Å². The van der Waals surface area contributed by atoms with E-state index in [2.05, 4.69) is 31.2 Å². The molecule has 0 radical (unpaired) electrons. The van der Waals surface area contributed by atoms with Crippen LogP contribution in [0, 0.1) is 46.3 Å². The van der Waals surface area contributed by atoms with Crippen molar-refractivity contribution in [2.75, 3.05) is 20.2 Å². The Balaban J connectivity index is 1.27. The van der Waals surface area contributed by atoms with Crippen molar-refractivity contribution in [1.29, 1.82) is 0 Å². The molecule has 4 unspecified atom stereocenters. The molecule has 6 heteroatoms. The standard InChI is InChI=1S/C34H58N2O4/c1-7-29(37)28-10-9-19-36(28)40-24-15-17-33(4)23(20-24)21-30(39-6)32-26-13-12-25(34(26,5)18-16-27(32)33)22(3)11-14-31(38)35-8-2/h22-28,30,32H,7-21H2,1-6H3,(H,35,38)/t22-,23-,24+,25?,26?,27?,28-,30+,32?,33-,34+/m0/s1. The van der Waals surface area contributed by atoms with Gasteiger partial charge >= 0.3 is 0 Å². The highest BCUT2D eigenvalue weighted by Gasteiger charge is 2.63. The average molecular weight is 559 g/mol. The molecule has 5 aliphatic rings. The van der Waals surface area contributed by atoms with Gasteiger partial charge in [-0.15, -0.1) is 0 Å². The lowest BCUT2D eigenvalue weighted by Gasteiger charge is -2.63. The van der Waals surface area contributed by atoms with E-state index in [1.807, 2.05) is 21.0 Å². The number of rotatable bonds is 10. The molecule has 0 aromatic rings. The van der Waals surface area contributed by atoms with Crippen molar-refractivity contribution in [2.45, 2.75) is 136 Å². The third-order valence-corrected chi connectivity index (χ3v) is 13.1. The van der Waals surface area contributed by atoms with Crippen LogP contribution < -0.4 is 5.32 Å². The molecule has 1 saturated heterocycles. The summed E-state index contributed by atoms with van der Waals surface area (Å²) in [5, 5.41) is 5.04. The summed E-state index contributed by atoms with van der Waals surface area (Å²) in [6.45, 7) is 13.2. The lowest BCUT2D eigenvalue weighted by Crippen LogP contribution is -2.59. The van der Waals surface area contributed by atoms with Crippen molar-refractivity contribution in [3.05, 3.63) is 0 Å². The number of methoxy groups -OCH3 is 1. The molecule has 1 aliphatic heterocycles. The first-order valence-electron chi connectivity index (χ1n) is 16.9. The van der Waals surface area contributed by atoms with Crippen LogP contribution in [0.1, 0.15) is 118 Å². The number of amides is 1. The maximum atomic E-state index is 12.5. The van der Waals surface area contributed by atoms with Gasteiger partial charge in [-0.2, -0.15) is 5.06 Å². The minimum atomic E-state index is -0.0319. The normalized spacial score (nSPS) is 44.0. The number of Topliss-reactive ketones (excluding diaryl/α,β-unsaturated/α-hetero) is 1. The second-order valence-electron chi connectivity index (χ2n) is 14.8. The number of ether oxygens (including phenoxy) is 1. The summed E-state index contributed by atoms with van der Waals surface area (Å²) in [7, 11) is 1.96. The van der Waals surface area contributed by atoms with Gasteiger partial charge in [0.05, 0.1) is 18.2 Å². The third-order valence-electron chi connectivity index (χ3n) is 13.1. The van der Waals surface area contributed by atoms with Crippen molar-refractivity contribution in [3.63, 3.8) is 0 Å². The van der Waals surface area contributed by atoms with E-state index < -0.39 is 0 Å². The first-order chi connectivity index (χ1) is 19.2. The van der Waals surface area contributed by atoms with Crippen LogP contribution >= 0.6 is 0 Å². The molecular formula is C34H58N2O4. The number of carbonyl (C=O) groups excluding carboxylic acids is 2. The van der Waals surface area contributed by atoms with Crippen LogP contribution in [0.15, 0.2) is 0 Å². The predicted molar refractivity (Wildman–Crippen MR) is 158 cm³/mol. The van der Waals surface area contributed by atoms with E-state index in [0.717, 1.165) is 63.5 Å². The smallest absolute Gasteiger partial charge is 0.219 e. The summed E-state index contributed by atoms with van der Waals surface area (Å²) in [5.41, 5.74) is 0.713. The van der Waals surface area contributed by atoms with Crippen molar-refractivity contribution in [1.82, 2.24) is 10.4 Å². The maximum absolute atomic E-state index is 12.5. The number of nitrogens with one attached hydrogen (secondary N) is 1. The molecule has 1 amide bonds. The van der Waals surface area contributed by atoms with Gasteiger partial charge in [-0.3, -0.25) is 14.4 Å². The van der Waals surface area contributed by atoms with Gasteiger partial charge in [0.2, 0.25) is 5.91 Å². The fourth-order valence-electron chi connectivity index (χ4n) is 10.9. The van der Waals surface area contributed by atoms with Crippen LogP contribution in [-0.2, 0) is 19.2 Å². The Morgan fingerprint density at radius 2 is 1.75 bits per heavy atom. The van der Waals surface area contributed by atoms with Gasteiger partial charge in [0.15, 0.2) is 5.78 Å². The fraction of sp³-hybridized carbons (Fsp3) is 0.941. The molecule has 228 valence electrons. The van der Waals surface area contributed by atoms with E-state index in [4.69, 9.17) is 9.57 Å². The molecule has 1 N–H and O–H groups in total. The highest BCUT2D eigenvalue weighted by atomic mass is 16.7. The summed E-state index contributed by atoms with van der Waals surface area (Å²) in [4.78, 5) is 31.3. The van der Waals surface area contributed by atoms with E-state index >= 15 is 0 Å². The van der Waals surface area contributed by atoms with Crippen LogP contribution in [-0.4, -0.2) is 55.2 Å². The molecule has 1 heterocycles. The number of hydrogen-bond acceptors (Lipinski definition) is 5. The first-order valence-corrected chi connectivity index (χ1v) is 16.9.